The van der Waals surface area contributed by atoms with Crippen molar-refractivity contribution >= 4 is 0 Å². The molecule has 1 aliphatic carbocycles. The molecule has 3 rings (SSSR count). The van der Waals surface area contributed by atoms with Crippen molar-refractivity contribution in [3.05, 3.63) is 34.9 Å². The molecule has 1 aromatic carbocycles. The first kappa shape index (κ1) is 11.7. The van der Waals surface area contributed by atoms with Crippen molar-refractivity contribution in [2.24, 2.45) is 5.41 Å². The Labute approximate surface area is 109 Å². The van der Waals surface area contributed by atoms with Gasteiger partial charge in [-0.3, -0.25) is 0 Å². The van der Waals surface area contributed by atoms with E-state index in [2.05, 4.69) is 38.2 Å². The summed E-state index contributed by atoms with van der Waals surface area (Å²) in [4.78, 5) is 0. The van der Waals surface area contributed by atoms with Gasteiger partial charge >= 0.3 is 0 Å². The lowest BCUT2D eigenvalue weighted by atomic mass is 9.51. The average Bonchev–Trinajstić information content (AvgIpc) is 2.33. The van der Waals surface area contributed by atoms with Gasteiger partial charge in [-0.25, -0.2) is 0 Å². The van der Waals surface area contributed by atoms with Crippen LogP contribution in [-0.2, 0) is 11.8 Å². The van der Waals surface area contributed by atoms with E-state index in [4.69, 9.17) is 0 Å². The molecule has 0 saturated carbocycles. The Kier molecular flexibility index (Phi) is 2.34. The van der Waals surface area contributed by atoms with Crippen molar-refractivity contribution in [1.82, 2.24) is 5.32 Å². The van der Waals surface area contributed by atoms with Crippen molar-refractivity contribution in [3.63, 3.8) is 0 Å². The van der Waals surface area contributed by atoms with Crippen molar-refractivity contribution in [2.75, 3.05) is 6.54 Å². The van der Waals surface area contributed by atoms with E-state index < -0.39 is 0 Å². The van der Waals surface area contributed by atoms with Crippen LogP contribution in [0, 0.1) is 16.7 Å². The molecule has 0 amide bonds. The number of hydrogen-bond donors (Lipinski definition) is 1. The number of hydrogen-bond acceptors (Lipinski definition) is 2. The molecule has 1 aliphatic heterocycles. The molecule has 1 aromatic rings. The van der Waals surface area contributed by atoms with Crippen LogP contribution in [0.15, 0.2) is 18.2 Å². The number of benzene rings is 1. The minimum Gasteiger partial charge on any atom is -0.313 e. The number of rotatable bonds is 0. The largest absolute Gasteiger partial charge is 0.313 e. The second-order valence-electron chi connectivity index (χ2n) is 6.46. The van der Waals surface area contributed by atoms with E-state index in [0.717, 1.165) is 24.9 Å². The van der Waals surface area contributed by atoms with E-state index in [-0.39, 0.29) is 10.8 Å². The van der Waals surface area contributed by atoms with Gasteiger partial charge in [-0.15, -0.1) is 0 Å². The number of nitrogens with zero attached hydrogens (tertiary/aromatic N) is 1. The number of nitriles is 1. The van der Waals surface area contributed by atoms with Crippen LogP contribution in [0.1, 0.15) is 43.9 Å². The molecule has 1 saturated heterocycles. The molecule has 1 unspecified atom stereocenters. The topological polar surface area (TPSA) is 35.8 Å². The second-order valence-corrected chi connectivity index (χ2v) is 6.46. The highest BCUT2D eigenvalue weighted by Crippen LogP contribution is 2.53. The molecule has 1 heterocycles. The van der Waals surface area contributed by atoms with E-state index in [1.54, 1.807) is 0 Å². The standard InChI is InChI=1S/C16H20N2/c1-15(2)14-9-12-11(10-17)5-4-6-13(12)16(15,3)7-8-18-14/h4-6,14,18H,7-9H2,1-3H3/t14?,16-/m0/s1. The molecule has 0 spiro atoms. The lowest BCUT2D eigenvalue weighted by Gasteiger charge is -2.57. The highest BCUT2D eigenvalue weighted by Gasteiger charge is 2.53. The van der Waals surface area contributed by atoms with Crippen LogP contribution in [0.25, 0.3) is 0 Å². The van der Waals surface area contributed by atoms with Crippen LogP contribution in [0.2, 0.25) is 0 Å². The van der Waals surface area contributed by atoms with Crippen molar-refractivity contribution < 1.29 is 0 Å². The smallest absolute Gasteiger partial charge is 0.0994 e. The molecule has 94 valence electrons. The molecular weight excluding hydrogens is 220 g/mol. The Morgan fingerprint density at radius 1 is 1.33 bits per heavy atom. The van der Waals surface area contributed by atoms with Crippen molar-refractivity contribution in [3.8, 4) is 6.07 Å². The van der Waals surface area contributed by atoms with Crippen molar-refractivity contribution in [1.29, 1.82) is 5.26 Å². The molecule has 0 aromatic heterocycles. The van der Waals surface area contributed by atoms with Gasteiger partial charge in [0.2, 0.25) is 0 Å². The SMILES string of the molecule is CC1(C)C2Cc3c(C#N)cccc3[C@]1(C)CCN2. The van der Waals surface area contributed by atoms with Gasteiger partial charge in [0.25, 0.3) is 0 Å². The Balaban J connectivity index is 2.27. The molecule has 2 atom stereocenters. The molecule has 2 heteroatoms. The fourth-order valence-electron chi connectivity index (χ4n) is 3.90. The van der Waals surface area contributed by atoms with Gasteiger partial charge in [-0.1, -0.05) is 32.9 Å². The zero-order valence-electron chi connectivity index (χ0n) is 11.4. The minimum absolute atomic E-state index is 0.184. The van der Waals surface area contributed by atoms with Crippen LogP contribution in [0.3, 0.4) is 0 Å². The third kappa shape index (κ3) is 1.26. The summed E-state index contributed by atoms with van der Waals surface area (Å²) in [5.74, 6) is 0. The molecule has 1 N–H and O–H groups in total. The molecule has 0 radical (unpaired) electrons. The Morgan fingerprint density at radius 3 is 2.83 bits per heavy atom. The van der Waals surface area contributed by atoms with Gasteiger partial charge in [0, 0.05) is 11.5 Å². The van der Waals surface area contributed by atoms with Gasteiger partial charge in [-0.2, -0.15) is 5.26 Å². The molecule has 1 fully saturated rings. The first-order chi connectivity index (χ1) is 8.50. The van der Waals surface area contributed by atoms with Gasteiger partial charge in [0.15, 0.2) is 0 Å². The Bertz CT molecular complexity index is 539. The van der Waals surface area contributed by atoms with E-state index in [9.17, 15) is 5.26 Å². The fourth-order valence-corrected chi connectivity index (χ4v) is 3.90. The normalized spacial score (nSPS) is 32.4. The van der Waals surface area contributed by atoms with Crippen LogP contribution in [0.5, 0.6) is 0 Å². The third-order valence-corrected chi connectivity index (χ3v) is 5.61. The maximum absolute atomic E-state index is 9.30. The molecule has 2 nitrogen and oxygen atoms in total. The highest BCUT2D eigenvalue weighted by molar-refractivity contribution is 5.50. The maximum Gasteiger partial charge on any atom is 0.0994 e. The van der Waals surface area contributed by atoms with Crippen LogP contribution in [0.4, 0.5) is 0 Å². The van der Waals surface area contributed by atoms with E-state index in [1.807, 2.05) is 12.1 Å². The van der Waals surface area contributed by atoms with Gasteiger partial charge in [-0.05, 0) is 42.0 Å². The van der Waals surface area contributed by atoms with Crippen LogP contribution >= 0.6 is 0 Å². The third-order valence-electron chi connectivity index (χ3n) is 5.61. The highest BCUT2D eigenvalue weighted by atomic mass is 15.0. The number of fused-ring (bicyclic) bond motifs is 4. The summed E-state index contributed by atoms with van der Waals surface area (Å²) in [5.41, 5.74) is 3.97. The maximum atomic E-state index is 9.30. The first-order valence-electron chi connectivity index (χ1n) is 6.76. The quantitative estimate of drug-likeness (QED) is 0.757. The first-order valence-corrected chi connectivity index (χ1v) is 6.76. The zero-order valence-corrected chi connectivity index (χ0v) is 11.4. The van der Waals surface area contributed by atoms with E-state index in [0.29, 0.717) is 6.04 Å². The summed E-state index contributed by atoms with van der Waals surface area (Å²) in [6.07, 6.45) is 2.14. The zero-order chi connectivity index (χ0) is 13.0. The van der Waals surface area contributed by atoms with Crippen LogP contribution < -0.4 is 5.32 Å². The summed E-state index contributed by atoms with van der Waals surface area (Å²) in [5, 5.41) is 12.9. The number of nitrogens with one attached hydrogen (secondary N) is 1. The summed E-state index contributed by atoms with van der Waals surface area (Å²) in [6, 6.07) is 9.08. The number of piperidine rings is 1. The lowest BCUT2D eigenvalue weighted by molar-refractivity contribution is 0.0558. The molecule has 2 aliphatic rings. The Morgan fingerprint density at radius 2 is 2.11 bits per heavy atom. The summed E-state index contributed by atoms with van der Waals surface area (Å²) < 4.78 is 0. The van der Waals surface area contributed by atoms with E-state index >= 15 is 0 Å². The molecule has 2 bridgehead atoms. The second kappa shape index (κ2) is 3.59. The average molecular weight is 240 g/mol. The molecule has 18 heavy (non-hydrogen) atoms. The monoisotopic (exact) mass is 240 g/mol. The van der Waals surface area contributed by atoms with Crippen molar-refractivity contribution in [2.45, 2.75) is 45.1 Å². The van der Waals surface area contributed by atoms with E-state index in [1.165, 1.54) is 11.1 Å². The lowest BCUT2D eigenvalue weighted by Crippen LogP contribution is -2.62. The Hall–Kier alpha value is -1.33. The van der Waals surface area contributed by atoms with Gasteiger partial charge in [0.1, 0.15) is 0 Å². The fraction of sp³-hybridized carbons (Fsp3) is 0.562. The van der Waals surface area contributed by atoms with Gasteiger partial charge in [0.05, 0.1) is 11.6 Å². The minimum atomic E-state index is 0.184. The predicted molar refractivity (Wildman–Crippen MR) is 72.4 cm³/mol. The summed E-state index contributed by atoms with van der Waals surface area (Å²) in [7, 11) is 0. The predicted octanol–water partition coefficient (Wildman–Crippen LogP) is 2.76. The summed E-state index contributed by atoms with van der Waals surface area (Å²) >= 11 is 0. The molecular formula is C16H20N2. The van der Waals surface area contributed by atoms with Crippen LogP contribution in [-0.4, -0.2) is 12.6 Å². The van der Waals surface area contributed by atoms with Gasteiger partial charge < -0.3 is 5.32 Å². The summed E-state index contributed by atoms with van der Waals surface area (Å²) in [6.45, 7) is 8.19.